The number of piperidine rings is 1. The van der Waals surface area contributed by atoms with Gasteiger partial charge in [-0.25, -0.2) is 13.6 Å². The van der Waals surface area contributed by atoms with Gasteiger partial charge in [0.1, 0.15) is 11.7 Å². The Balaban J connectivity index is 1.85. The summed E-state index contributed by atoms with van der Waals surface area (Å²) in [6.07, 6.45) is 3.66. The SMILES string of the molecule is CN1CCC(Oc2c(F)cc3c(=O)c(C(=O)O)cn(C4CC4)c3c2F)CC1. The van der Waals surface area contributed by atoms with E-state index in [2.05, 4.69) is 4.90 Å². The lowest BCUT2D eigenvalue weighted by atomic mass is 10.1. The van der Waals surface area contributed by atoms with Crippen LogP contribution in [-0.4, -0.2) is 46.8 Å². The van der Waals surface area contributed by atoms with Crippen molar-refractivity contribution in [1.82, 2.24) is 9.47 Å². The van der Waals surface area contributed by atoms with Crippen LogP contribution in [0.1, 0.15) is 42.1 Å². The molecule has 1 aromatic heterocycles. The van der Waals surface area contributed by atoms with Crippen LogP contribution in [0.5, 0.6) is 5.75 Å². The molecule has 8 heteroatoms. The van der Waals surface area contributed by atoms with E-state index >= 15 is 4.39 Å². The molecule has 1 aromatic carbocycles. The van der Waals surface area contributed by atoms with E-state index in [1.165, 1.54) is 4.57 Å². The number of halogens is 2. The number of carboxylic acids is 1. The van der Waals surface area contributed by atoms with Crippen molar-refractivity contribution in [2.75, 3.05) is 20.1 Å². The Morgan fingerprint density at radius 2 is 1.89 bits per heavy atom. The molecule has 1 saturated carbocycles. The fourth-order valence-electron chi connectivity index (χ4n) is 3.59. The zero-order valence-corrected chi connectivity index (χ0v) is 14.9. The maximum absolute atomic E-state index is 15.2. The number of hydrogen-bond acceptors (Lipinski definition) is 4. The van der Waals surface area contributed by atoms with E-state index < -0.39 is 34.3 Å². The number of carbonyl (C=O) groups is 1. The summed E-state index contributed by atoms with van der Waals surface area (Å²) >= 11 is 0. The molecule has 144 valence electrons. The molecule has 6 nitrogen and oxygen atoms in total. The van der Waals surface area contributed by atoms with E-state index in [1.54, 1.807) is 0 Å². The molecule has 0 amide bonds. The number of pyridine rings is 1. The van der Waals surface area contributed by atoms with Gasteiger partial charge < -0.3 is 19.3 Å². The van der Waals surface area contributed by atoms with E-state index in [1.807, 2.05) is 7.05 Å². The number of benzene rings is 1. The molecule has 1 N–H and O–H groups in total. The molecule has 2 fully saturated rings. The van der Waals surface area contributed by atoms with Gasteiger partial charge >= 0.3 is 5.97 Å². The van der Waals surface area contributed by atoms with Crippen LogP contribution in [0.25, 0.3) is 10.9 Å². The number of ether oxygens (including phenoxy) is 1. The van der Waals surface area contributed by atoms with Gasteiger partial charge in [-0.3, -0.25) is 4.79 Å². The number of aromatic nitrogens is 1. The largest absolute Gasteiger partial charge is 0.484 e. The van der Waals surface area contributed by atoms with Crippen molar-refractivity contribution in [3.63, 3.8) is 0 Å². The minimum absolute atomic E-state index is 0.0863. The molecular formula is C19H20F2N2O4. The van der Waals surface area contributed by atoms with E-state index in [0.717, 1.165) is 38.2 Å². The molecule has 27 heavy (non-hydrogen) atoms. The predicted molar refractivity (Wildman–Crippen MR) is 94.5 cm³/mol. The van der Waals surface area contributed by atoms with Crippen LogP contribution in [0, 0.1) is 11.6 Å². The molecule has 0 unspecified atom stereocenters. The molecular weight excluding hydrogens is 358 g/mol. The van der Waals surface area contributed by atoms with Crippen molar-refractivity contribution in [1.29, 1.82) is 0 Å². The van der Waals surface area contributed by atoms with Crippen LogP contribution >= 0.6 is 0 Å². The molecule has 1 aliphatic heterocycles. The van der Waals surface area contributed by atoms with E-state index in [9.17, 15) is 19.1 Å². The smallest absolute Gasteiger partial charge is 0.341 e. The van der Waals surface area contributed by atoms with Crippen molar-refractivity contribution in [2.24, 2.45) is 0 Å². The Labute approximate surface area is 154 Å². The summed E-state index contributed by atoms with van der Waals surface area (Å²) in [7, 11) is 1.97. The third kappa shape index (κ3) is 3.18. The number of carboxylic acid groups (broad SMARTS) is 1. The second kappa shape index (κ2) is 6.60. The Bertz CT molecular complexity index is 976. The third-order valence-electron chi connectivity index (χ3n) is 5.29. The van der Waals surface area contributed by atoms with Crippen LogP contribution in [-0.2, 0) is 0 Å². The van der Waals surface area contributed by atoms with Gasteiger partial charge in [-0.2, -0.15) is 0 Å². The first-order valence-corrected chi connectivity index (χ1v) is 9.02. The van der Waals surface area contributed by atoms with Crippen LogP contribution in [0.4, 0.5) is 8.78 Å². The molecule has 2 heterocycles. The third-order valence-corrected chi connectivity index (χ3v) is 5.29. The number of nitrogens with zero attached hydrogens (tertiary/aromatic N) is 2. The van der Waals surface area contributed by atoms with Crippen molar-refractivity contribution in [3.05, 3.63) is 39.7 Å². The molecule has 0 radical (unpaired) electrons. The highest BCUT2D eigenvalue weighted by atomic mass is 19.1. The summed E-state index contributed by atoms with van der Waals surface area (Å²) in [6, 6.07) is 0.804. The summed E-state index contributed by atoms with van der Waals surface area (Å²) in [4.78, 5) is 25.9. The maximum Gasteiger partial charge on any atom is 0.341 e. The highest BCUT2D eigenvalue weighted by Crippen LogP contribution is 2.39. The number of fused-ring (bicyclic) bond motifs is 1. The van der Waals surface area contributed by atoms with E-state index in [4.69, 9.17) is 4.74 Å². The first-order valence-electron chi connectivity index (χ1n) is 9.02. The molecule has 2 aliphatic rings. The highest BCUT2D eigenvalue weighted by molar-refractivity contribution is 5.93. The first kappa shape index (κ1) is 17.9. The highest BCUT2D eigenvalue weighted by Gasteiger charge is 2.31. The van der Waals surface area contributed by atoms with Gasteiger partial charge in [0.25, 0.3) is 0 Å². The number of rotatable bonds is 4. The monoisotopic (exact) mass is 378 g/mol. The standard InChI is InChI=1S/C19H20F2N2O4/c1-22-6-4-11(5-7-22)27-18-14(20)8-12-16(15(18)21)23(10-2-3-10)9-13(17(12)24)19(25)26/h8-11H,2-7H2,1H3,(H,25,26). The van der Waals surface area contributed by atoms with Gasteiger partial charge in [0, 0.05) is 25.3 Å². The van der Waals surface area contributed by atoms with Crippen molar-refractivity contribution >= 4 is 16.9 Å². The zero-order chi connectivity index (χ0) is 19.3. The van der Waals surface area contributed by atoms with Crippen molar-refractivity contribution in [3.8, 4) is 5.75 Å². The van der Waals surface area contributed by atoms with Gasteiger partial charge in [0.15, 0.2) is 17.4 Å². The Morgan fingerprint density at radius 1 is 1.22 bits per heavy atom. The molecule has 1 saturated heterocycles. The molecule has 1 aliphatic carbocycles. The van der Waals surface area contributed by atoms with Crippen LogP contribution in [0.2, 0.25) is 0 Å². The minimum atomic E-state index is -1.41. The quantitative estimate of drug-likeness (QED) is 0.886. The average molecular weight is 378 g/mol. The first-order chi connectivity index (χ1) is 12.9. The molecule has 0 spiro atoms. The Morgan fingerprint density at radius 3 is 2.48 bits per heavy atom. The summed E-state index contributed by atoms with van der Waals surface area (Å²) in [5, 5.41) is 8.98. The number of likely N-dealkylation sites (tertiary alicyclic amines) is 1. The summed E-state index contributed by atoms with van der Waals surface area (Å²) in [6.45, 7) is 1.55. The van der Waals surface area contributed by atoms with Crippen LogP contribution in [0.15, 0.2) is 17.1 Å². The van der Waals surface area contributed by atoms with Crippen molar-refractivity contribution in [2.45, 2.75) is 37.8 Å². The lowest BCUT2D eigenvalue weighted by Gasteiger charge is -2.29. The fraction of sp³-hybridized carbons (Fsp3) is 0.474. The maximum atomic E-state index is 15.2. The van der Waals surface area contributed by atoms with Gasteiger partial charge in [-0.1, -0.05) is 0 Å². The molecule has 0 atom stereocenters. The van der Waals surface area contributed by atoms with Gasteiger partial charge in [-0.05, 0) is 38.8 Å². The summed E-state index contributed by atoms with van der Waals surface area (Å²) < 4.78 is 36.9. The average Bonchev–Trinajstić information content (AvgIpc) is 3.46. The van der Waals surface area contributed by atoms with Crippen molar-refractivity contribution < 1.29 is 23.4 Å². The predicted octanol–water partition coefficient (Wildman–Crippen LogP) is 2.79. The summed E-state index contributed by atoms with van der Waals surface area (Å²) in [5.41, 5.74) is -1.47. The molecule has 4 rings (SSSR count). The fourth-order valence-corrected chi connectivity index (χ4v) is 3.59. The Hall–Kier alpha value is -2.48. The van der Waals surface area contributed by atoms with Gasteiger partial charge in [0.05, 0.1) is 10.9 Å². The lowest BCUT2D eigenvalue weighted by molar-refractivity contribution is 0.0695. The topological polar surface area (TPSA) is 71.8 Å². The van der Waals surface area contributed by atoms with E-state index in [-0.39, 0.29) is 23.0 Å². The number of aromatic carboxylic acids is 1. The summed E-state index contributed by atoms with van der Waals surface area (Å²) in [5.74, 6) is -3.83. The lowest BCUT2D eigenvalue weighted by Crippen LogP contribution is -2.36. The number of hydrogen-bond donors (Lipinski definition) is 1. The molecule has 0 bridgehead atoms. The minimum Gasteiger partial charge on any atom is -0.484 e. The van der Waals surface area contributed by atoms with Gasteiger partial charge in [-0.15, -0.1) is 0 Å². The van der Waals surface area contributed by atoms with Crippen LogP contribution < -0.4 is 10.2 Å². The van der Waals surface area contributed by atoms with E-state index in [0.29, 0.717) is 12.8 Å². The van der Waals surface area contributed by atoms with Gasteiger partial charge in [0.2, 0.25) is 5.43 Å². The zero-order valence-electron chi connectivity index (χ0n) is 14.9. The second-order valence-electron chi connectivity index (χ2n) is 7.33. The Kier molecular flexibility index (Phi) is 4.38. The van der Waals surface area contributed by atoms with Crippen LogP contribution in [0.3, 0.4) is 0 Å². The normalized spacial score (nSPS) is 18.8. The molecule has 2 aromatic rings. The second-order valence-corrected chi connectivity index (χ2v) is 7.33.